The van der Waals surface area contributed by atoms with Crippen molar-refractivity contribution >= 4 is 11.8 Å². The molecule has 0 aliphatic carbocycles. The van der Waals surface area contributed by atoms with E-state index >= 15 is 0 Å². The monoisotopic (exact) mass is 242 g/mol. The lowest BCUT2D eigenvalue weighted by Crippen LogP contribution is -2.13. The molecule has 0 spiro atoms. The highest BCUT2D eigenvalue weighted by atomic mass is 32.2. The second-order valence-electron chi connectivity index (χ2n) is 4.18. The molecule has 0 bridgehead atoms. The third-order valence-electron chi connectivity index (χ3n) is 2.81. The summed E-state index contributed by atoms with van der Waals surface area (Å²) < 4.78 is 1.98. The molecule has 1 aromatic rings. The maximum absolute atomic E-state index is 9.78. The predicted molar refractivity (Wildman–Crippen MR) is 69.9 cm³/mol. The Morgan fingerprint density at radius 3 is 2.94 bits per heavy atom. The van der Waals surface area contributed by atoms with Gasteiger partial charge in [0.2, 0.25) is 0 Å². The van der Waals surface area contributed by atoms with Gasteiger partial charge in [-0.3, -0.25) is 4.68 Å². The molecular formula is C12H22N2OS. The first-order valence-electron chi connectivity index (χ1n) is 5.88. The number of aromatic nitrogens is 2. The van der Waals surface area contributed by atoms with Crippen LogP contribution >= 0.6 is 11.8 Å². The van der Waals surface area contributed by atoms with E-state index in [4.69, 9.17) is 0 Å². The minimum absolute atomic E-state index is 0.257. The van der Waals surface area contributed by atoms with Crippen LogP contribution in [0.25, 0.3) is 0 Å². The number of rotatable bonds is 7. The highest BCUT2D eigenvalue weighted by Gasteiger charge is 2.09. The summed E-state index contributed by atoms with van der Waals surface area (Å²) in [6, 6.07) is 2.45. The van der Waals surface area contributed by atoms with Crippen LogP contribution in [0.3, 0.4) is 0 Å². The molecule has 2 atom stereocenters. The number of aliphatic hydroxyl groups is 1. The molecule has 1 aromatic heterocycles. The molecule has 1 heterocycles. The van der Waals surface area contributed by atoms with Crippen LogP contribution in [0, 0.1) is 0 Å². The van der Waals surface area contributed by atoms with Gasteiger partial charge in [-0.2, -0.15) is 16.9 Å². The zero-order valence-electron chi connectivity index (χ0n) is 10.4. The van der Waals surface area contributed by atoms with Crippen molar-refractivity contribution in [3.63, 3.8) is 0 Å². The third-order valence-corrected chi connectivity index (χ3v) is 3.45. The van der Waals surface area contributed by atoms with Crippen LogP contribution in [-0.4, -0.2) is 33.0 Å². The maximum atomic E-state index is 9.78. The van der Waals surface area contributed by atoms with Gasteiger partial charge in [-0.1, -0.05) is 6.92 Å². The molecule has 0 saturated carbocycles. The van der Waals surface area contributed by atoms with Crippen molar-refractivity contribution in [2.24, 2.45) is 0 Å². The summed E-state index contributed by atoms with van der Waals surface area (Å²) >= 11 is 1.77. The van der Waals surface area contributed by atoms with Gasteiger partial charge in [-0.15, -0.1) is 0 Å². The minimum Gasteiger partial charge on any atom is -0.393 e. The smallest absolute Gasteiger partial charge is 0.0650 e. The average molecular weight is 242 g/mol. The highest BCUT2D eigenvalue weighted by molar-refractivity contribution is 7.98. The number of thioether (sulfide) groups is 1. The largest absolute Gasteiger partial charge is 0.393 e. The molecule has 0 amide bonds. The van der Waals surface area contributed by atoms with E-state index in [1.165, 1.54) is 0 Å². The third kappa shape index (κ3) is 4.18. The second kappa shape index (κ2) is 6.97. The van der Waals surface area contributed by atoms with Crippen molar-refractivity contribution in [2.45, 2.75) is 45.3 Å². The molecule has 92 valence electrons. The predicted octanol–water partition coefficient (Wildman–Crippen LogP) is 2.51. The Bertz CT molecular complexity index is 301. The molecule has 0 aliphatic rings. The van der Waals surface area contributed by atoms with E-state index in [-0.39, 0.29) is 6.10 Å². The summed E-state index contributed by atoms with van der Waals surface area (Å²) in [5.41, 5.74) is 0.994. The van der Waals surface area contributed by atoms with Gasteiger partial charge in [-0.05, 0) is 37.8 Å². The van der Waals surface area contributed by atoms with Gasteiger partial charge in [0, 0.05) is 18.7 Å². The minimum atomic E-state index is -0.257. The summed E-state index contributed by atoms with van der Waals surface area (Å²) in [5.74, 6) is 1.01. The summed E-state index contributed by atoms with van der Waals surface area (Å²) in [6.07, 6.45) is 6.40. The van der Waals surface area contributed by atoms with E-state index in [0.717, 1.165) is 24.3 Å². The number of hydrogen-bond acceptors (Lipinski definition) is 3. The Hall–Kier alpha value is -0.480. The Kier molecular flexibility index (Phi) is 5.91. The van der Waals surface area contributed by atoms with Gasteiger partial charge in [-0.25, -0.2) is 0 Å². The van der Waals surface area contributed by atoms with Gasteiger partial charge in [0.1, 0.15) is 0 Å². The Morgan fingerprint density at radius 1 is 1.56 bits per heavy atom. The van der Waals surface area contributed by atoms with Crippen LogP contribution in [0.1, 0.15) is 38.4 Å². The molecule has 0 saturated heterocycles. The van der Waals surface area contributed by atoms with E-state index < -0.39 is 0 Å². The molecule has 16 heavy (non-hydrogen) atoms. The van der Waals surface area contributed by atoms with Crippen LogP contribution in [0.4, 0.5) is 0 Å². The van der Waals surface area contributed by atoms with Crippen molar-refractivity contribution in [1.29, 1.82) is 0 Å². The fourth-order valence-electron chi connectivity index (χ4n) is 1.52. The van der Waals surface area contributed by atoms with Crippen LogP contribution in [0.2, 0.25) is 0 Å². The SMILES string of the molecule is CCC(C)n1ccc(CC(O)CCSC)n1. The zero-order chi connectivity index (χ0) is 12.0. The van der Waals surface area contributed by atoms with E-state index in [1.807, 2.05) is 16.9 Å². The molecule has 1 N–H and O–H groups in total. The lowest BCUT2D eigenvalue weighted by Gasteiger charge is -2.09. The molecule has 4 heteroatoms. The van der Waals surface area contributed by atoms with Gasteiger partial charge in [0.25, 0.3) is 0 Å². The first kappa shape index (κ1) is 13.6. The summed E-state index contributed by atoms with van der Waals surface area (Å²) in [5, 5.41) is 14.3. The maximum Gasteiger partial charge on any atom is 0.0650 e. The number of aliphatic hydroxyl groups excluding tert-OH is 1. The number of nitrogens with zero attached hydrogens (tertiary/aromatic N) is 2. The first-order valence-corrected chi connectivity index (χ1v) is 7.27. The van der Waals surface area contributed by atoms with Crippen molar-refractivity contribution in [1.82, 2.24) is 9.78 Å². The topological polar surface area (TPSA) is 38.0 Å². The standard InChI is InChI=1S/C12H22N2OS/c1-4-10(2)14-7-5-11(13-14)9-12(15)6-8-16-3/h5,7,10,12,15H,4,6,8-9H2,1-3H3. The number of hydrogen-bond donors (Lipinski definition) is 1. The van der Waals surface area contributed by atoms with E-state index in [9.17, 15) is 5.11 Å². The lowest BCUT2D eigenvalue weighted by molar-refractivity contribution is 0.170. The summed E-state index contributed by atoms with van der Waals surface area (Å²) in [4.78, 5) is 0. The van der Waals surface area contributed by atoms with Gasteiger partial charge < -0.3 is 5.11 Å². The van der Waals surface area contributed by atoms with Crippen molar-refractivity contribution < 1.29 is 5.11 Å². The summed E-state index contributed by atoms with van der Waals surface area (Å²) in [6.45, 7) is 4.31. The molecule has 1 rings (SSSR count). The Morgan fingerprint density at radius 2 is 2.31 bits per heavy atom. The highest BCUT2D eigenvalue weighted by Crippen LogP contribution is 2.11. The van der Waals surface area contributed by atoms with E-state index in [2.05, 4.69) is 25.2 Å². The van der Waals surface area contributed by atoms with Crippen molar-refractivity contribution in [2.75, 3.05) is 12.0 Å². The van der Waals surface area contributed by atoms with Crippen LogP contribution in [0.15, 0.2) is 12.3 Å². The van der Waals surface area contributed by atoms with Crippen LogP contribution < -0.4 is 0 Å². The normalized spacial score (nSPS) is 15.0. The van der Waals surface area contributed by atoms with Gasteiger partial charge in [0.15, 0.2) is 0 Å². The Labute approximate surface area is 102 Å². The van der Waals surface area contributed by atoms with Crippen LogP contribution in [-0.2, 0) is 6.42 Å². The first-order chi connectivity index (χ1) is 7.67. The lowest BCUT2D eigenvalue weighted by atomic mass is 10.1. The van der Waals surface area contributed by atoms with E-state index in [1.54, 1.807) is 11.8 Å². The average Bonchev–Trinajstić information content (AvgIpc) is 2.73. The fraction of sp³-hybridized carbons (Fsp3) is 0.750. The molecule has 3 nitrogen and oxygen atoms in total. The van der Waals surface area contributed by atoms with Crippen molar-refractivity contribution in [3.8, 4) is 0 Å². The van der Waals surface area contributed by atoms with Gasteiger partial charge >= 0.3 is 0 Å². The zero-order valence-corrected chi connectivity index (χ0v) is 11.2. The van der Waals surface area contributed by atoms with Crippen molar-refractivity contribution in [3.05, 3.63) is 18.0 Å². The molecule has 0 fully saturated rings. The molecule has 0 radical (unpaired) electrons. The quantitative estimate of drug-likeness (QED) is 0.798. The second-order valence-corrected chi connectivity index (χ2v) is 5.17. The molecular weight excluding hydrogens is 220 g/mol. The fourth-order valence-corrected chi connectivity index (χ4v) is 2.02. The van der Waals surface area contributed by atoms with E-state index in [0.29, 0.717) is 12.5 Å². The van der Waals surface area contributed by atoms with Gasteiger partial charge in [0.05, 0.1) is 11.8 Å². The molecule has 2 unspecified atom stereocenters. The molecule has 0 aromatic carbocycles. The summed E-state index contributed by atoms with van der Waals surface area (Å²) in [7, 11) is 0. The molecule has 0 aliphatic heterocycles. The Balaban J connectivity index is 2.45. The van der Waals surface area contributed by atoms with Crippen LogP contribution in [0.5, 0.6) is 0 Å².